The Morgan fingerprint density at radius 1 is 0.469 bits per heavy atom. The van der Waals surface area contributed by atoms with Crippen LogP contribution in [0.1, 0.15) is 9.75 Å². The molecule has 0 atom stereocenters. The van der Waals surface area contributed by atoms with E-state index >= 15 is 0 Å². The van der Waals surface area contributed by atoms with Gasteiger partial charge in [-0.1, -0.05) is 22.7 Å². The first kappa shape index (κ1) is 19.9. The van der Waals surface area contributed by atoms with Gasteiger partial charge in [0.1, 0.15) is 31.9 Å². The number of nitrogens with zero attached hydrogens (tertiary/aromatic N) is 4. The van der Waals surface area contributed by atoms with Gasteiger partial charge in [0, 0.05) is 19.5 Å². The quantitative estimate of drug-likeness (QED) is 0.234. The molecule has 0 fully saturated rings. The second-order valence-corrected chi connectivity index (χ2v) is 12.8. The molecule has 0 radical (unpaired) electrons. The summed E-state index contributed by atoms with van der Waals surface area (Å²) in [5.41, 5.74) is 0. The van der Waals surface area contributed by atoms with Gasteiger partial charge in [0.25, 0.3) is 0 Å². The lowest BCUT2D eigenvalue weighted by Gasteiger charge is -1.91. The maximum atomic E-state index is 9.05. The van der Waals surface area contributed by atoms with E-state index in [9.17, 15) is 0 Å². The van der Waals surface area contributed by atoms with E-state index in [0.717, 1.165) is 58.7 Å². The first-order chi connectivity index (χ1) is 15.7. The first-order valence-electron chi connectivity index (χ1n) is 9.18. The monoisotopic (exact) mass is 520 g/mol. The Morgan fingerprint density at radius 2 is 0.844 bits per heavy atom. The van der Waals surface area contributed by atoms with Crippen molar-refractivity contribution in [2.75, 3.05) is 0 Å². The summed E-state index contributed by atoms with van der Waals surface area (Å²) in [6, 6.07) is 20.5. The molecule has 4 nitrogen and oxygen atoms in total. The van der Waals surface area contributed by atoms with E-state index in [1.165, 1.54) is 22.7 Å². The molecule has 0 aliphatic carbocycles. The molecule has 0 amide bonds. The van der Waals surface area contributed by atoms with Gasteiger partial charge in [0.2, 0.25) is 0 Å². The van der Waals surface area contributed by atoms with E-state index in [0.29, 0.717) is 0 Å². The van der Waals surface area contributed by atoms with Crippen molar-refractivity contribution in [3.05, 3.63) is 58.3 Å². The van der Waals surface area contributed by atoms with E-state index in [1.807, 2.05) is 24.3 Å². The molecule has 6 aromatic rings. The number of hydrogen-bond donors (Lipinski definition) is 0. The second kappa shape index (κ2) is 8.01. The maximum absolute atomic E-state index is 9.05. The highest BCUT2D eigenvalue weighted by Gasteiger charge is 2.17. The molecule has 32 heavy (non-hydrogen) atoms. The van der Waals surface area contributed by atoms with Gasteiger partial charge in [0.05, 0.1) is 9.75 Å². The lowest BCUT2D eigenvalue weighted by atomic mass is 10.3. The van der Waals surface area contributed by atoms with Crippen molar-refractivity contribution in [2.24, 2.45) is 0 Å². The summed E-state index contributed by atoms with van der Waals surface area (Å²) in [6.45, 7) is 0. The number of hydrogen-bond acceptors (Lipinski definition) is 10. The molecule has 0 saturated heterocycles. The van der Waals surface area contributed by atoms with Crippen molar-refractivity contribution in [3.63, 3.8) is 0 Å². The van der Waals surface area contributed by atoms with E-state index in [-0.39, 0.29) is 0 Å². The standard InChI is InChI=1S/C22H8N4S6/c23-9-11-1-3-13(27-11)15-5-7-17(29-15)19-25-21-22(31-19)26-20(32-21)18-8-6-16(30-18)14-4-2-12(10-24)28-14/h1-8H. The average molecular weight is 521 g/mol. The number of thiazole rings is 2. The van der Waals surface area contributed by atoms with Crippen molar-refractivity contribution >= 4 is 77.7 Å². The Hall–Kier alpha value is -2.70. The van der Waals surface area contributed by atoms with Crippen molar-refractivity contribution in [2.45, 2.75) is 0 Å². The minimum Gasteiger partial charge on any atom is -0.222 e. The zero-order chi connectivity index (χ0) is 21.7. The number of nitriles is 2. The van der Waals surface area contributed by atoms with Crippen LogP contribution in [0, 0.1) is 22.7 Å². The van der Waals surface area contributed by atoms with E-state index in [4.69, 9.17) is 20.5 Å². The van der Waals surface area contributed by atoms with Crippen LogP contribution in [0.2, 0.25) is 0 Å². The zero-order valence-electron chi connectivity index (χ0n) is 15.9. The predicted octanol–water partition coefficient (Wildman–Crippen LogP) is 8.41. The molecule has 0 aromatic carbocycles. The highest BCUT2D eigenvalue weighted by Crippen LogP contribution is 2.44. The number of fused-ring (bicyclic) bond motifs is 1. The number of thiophene rings is 4. The third kappa shape index (κ3) is 3.51. The Kier molecular flexibility index (Phi) is 5.00. The normalized spacial score (nSPS) is 11.1. The molecule has 6 heterocycles. The highest BCUT2D eigenvalue weighted by atomic mass is 32.1. The van der Waals surface area contributed by atoms with Crippen LogP contribution in [-0.4, -0.2) is 9.97 Å². The van der Waals surface area contributed by atoms with Crippen LogP contribution >= 0.6 is 68.0 Å². The third-order valence-corrected chi connectivity index (χ3v) is 11.4. The van der Waals surface area contributed by atoms with Crippen LogP contribution in [-0.2, 0) is 0 Å². The molecule has 152 valence electrons. The van der Waals surface area contributed by atoms with Crippen LogP contribution < -0.4 is 0 Å². The summed E-state index contributed by atoms with van der Waals surface area (Å²) in [5.74, 6) is 0. The van der Waals surface area contributed by atoms with Crippen LogP contribution in [0.15, 0.2) is 48.5 Å². The molecule has 6 aromatic heterocycles. The van der Waals surface area contributed by atoms with Crippen molar-refractivity contribution < 1.29 is 0 Å². The Balaban J connectivity index is 1.27. The maximum Gasteiger partial charge on any atom is 0.155 e. The topological polar surface area (TPSA) is 73.4 Å². The van der Waals surface area contributed by atoms with Gasteiger partial charge in [-0.15, -0.1) is 45.3 Å². The Labute approximate surface area is 206 Å². The molecule has 0 unspecified atom stereocenters. The summed E-state index contributed by atoms with van der Waals surface area (Å²) in [6.07, 6.45) is 0. The van der Waals surface area contributed by atoms with Gasteiger partial charge in [-0.05, 0) is 48.5 Å². The first-order valence-corrected chi connectivity index (χ1v) is 14.1. The molecule has 10 heteroatoms. The van der Waals surface area contributed by atoms with Crippen molar-refractivity contribution in [1.29, 1.82) is 10.5 Å². The van der Waals surface area contributed by atoms with Crippen molar-refractivity contribution in [1.82, 2.24) is 9.97 Å². The fourth-order valence-electron chi connectivity index (χ4n) is 3.08. The van der Waals surface area contributed by atoms with Gasteiger partial charge in [-0.2, -0.15) is 10.5 Å². The lowest BCUT2D eigenvalue weighted by molar-refractivity contribution is 1.51. The number of rotatable bonds is 4. The van der Waals surface area contributed by atoms with Gasteiger partial charge >= 0.3 is 0 Å². The van der Waals surface area contributed by atoms with Gasteiger partial charge < -0.3 is 0 Å². The number of aromatic nitrogens is 2. The molecule has 0 spiro atoms. The zero-order valence-corrected chi connectivity index (χ0v) is 20.8. The van der Waals surface area contributed by atoms with E-state index in [2.05, 4.69) is 36.4 Å². The molecular weight excluding hydrogens is 513 g/mol. The van der Waals surface area contributed by atoms with Crippen LogP contribution in [0.4, 0.5) is 0 Å². The van der Waals surface area contributed by atoms with Gasteiger partial charge in [-0.25, -0.2) is 9.97 Å². The molecule has 0 N–H and O–H groups in total. The Morgan fingerprint density at radius 3 is 1.25 bits per heavy atom. The average Bonchev–Trinajstić information content (AvgIpc) is 3.62. The minimum absolute atomic E-state index is 0.725. The van der Waals surface area contributed by atoms with E-state index < -0.39 is 0 Å². The van der Waals surface area contributed by atoms with E-state index in [1.54, 1.807) is 45.3 Å². The lowest BCUT2D eigenvalue weighted by Crippen LogP contribution is -1.67. The largest absolute Gasteiger partial charge is 0.222 e. The highest BCUT2D eigenvalue weighted by molar-refractivity contribution is 7.33. The molecule has 0 saturated carbocycles. The molecule has 0 aliphatic rings. The SMILES string of the molecule is N#Cc1ccc(-c2ccc(-c3nc4sc(-c5ccc(-c6ccc(C#N)s6)s5)nc4s3)s2)s1. The van der Waals surface area contributed by atoms with Crippen LogP contribution in [0.5, 0.6) is 0 Å². The Bertz CT molecular complexity index is 1520. The minimum atomic E-state index is 0.725. The summed E-state index contributed by atoms with van der Waals surface area (Å²) in [5, 5.41) is 20.1. The summed E-state index contributed by atoms with van der Waals surface area (Å²) in [7, 11) is 0. The van der Waals surface area contributed by atoms with Gasteiger partial charge in [-0.3, -0.25) is 0 Å². The predicted molar refractivity (Wildman–Crippen MR) is 138 cm³/mol. The molecular formula is C22H8N4S6. The summed E-state index contributed by atoms with van der Waals surface area (Å²) >= 11 is 9.64. The molecule has 0 bridgehead atoms. The van der Waals surface area contributed by atoms with Crippen LogP contribution in [0.25, 0.3) is 48.9 Å². The van der Waals surface area contributed by atoms with Gasteiger partial charge in [0.15, 0.2) is 9.66 Å². The third-order valence-electron chi connectivity index (χ3n) is 4.53. The molecule has 6 rings (SSSR count). The fourth-order valence-corrected chi connectivity index (χ4v) is 9.03. The summed E-state index contributed by atoms with van der Waals surface area (Å²) in [4.78, 5) is 19.8. The molecule has 0 aliphatic heterocycles. The fraction of sp³-hybridized carbons (Fsp3) is 0. The smallest absolute Gasteiger partial charge is 0.155 e. The summed E-state index contributed by atoms with van der Waals surface area (Å²) < 4.78 is 0. The van der Waals surface area contributed by atoms with Crippen molar-refractivity contribution in [3.8, 4) is 51.4 Å². The second-order valence-electron chi connectivity index (χ2n) is 6.53. The van der Waals surface area contributed by atoms with Crippen LogP contribution in [0.3, 0.4) is 0 Å².